The molecule has 0 saturated carbocycles. The molecule has 29 heavy (non-hydrogen) atoms. The second-order valence-corrected chi connectivity index (χ2v) is 6.72. The molecule has 1 amide bonds. The van der Waals surface area contributed by atoms with E-state index in [4.69, 9.17) is 5.11 Å². The van der Waals surface area contributed by atoms with Crippen LogP contribution < -0.4 is 5.32 Å². The Morgan fingerprint density at radius 3 is 2.34 bits per heavy atom. The van der Waals surface area contributed by atoms with Crippen LogP contribution in [-0.2, 0) is 11.2 Å². The van der Waals surface area contributed by atoms with E-state index in [1.54, 1.807) is 22.7 Å². The molecule has 0 atom stereocenters. The Labute approximate surface area is 168 Å². The molecule has 5 nitrogen and oxygen atoms in total. The van der Waals surface area contributed by atoms with Gasteiger partial charge in [0.25, 0.3) is 11.7 Å². The maximum atomic E-state index is 13.1. The zero-order chi connectivity index (χ0) is 20.2. The lowest BCUT2D eigenvalue weighted by Crippen LogP contribution is -2.24. The number of aliphatic hydroxyl groups excluding tert-OH is 1. The summed E-state index contributed by atoms with van der Waals surface area (Å²) in [5, 5.41) is 11.7. The fourth-order valence-corrected chi connectivity index (χ4v) is 3.37. The average molecular weight is 384 g/mol. The minimum absolute atomic E-state index is 0.0632. The maximum Gasteiger partial charge on any atom is 0.298 e. The fourth-order valence-electron chi connectivity index (χ4n) is 3.37. The first-order valence-electron chi connectivity index (χ1n) is 9.38. The van der Waals surface area contributed by atoms with Gasteiger partial charge in [-0.15, -0.1) is 0 Å². The molecule has 0 bridgehead atoms. The minimum Gasteiger partial charge on any atom is -0.396 e. The molecule has 0 aliphatic heterocycles. The molecule has 2 N–H and O–H groups in total. The molecule has 5 heteroatoms. The van der Waals surface area contributed by atoms with E-state index < -0.39 is 11.7 Å². The number of hydrogen-bond acceptors (Lipinski definition) is 3. The van der Waals surface area contributed by atoms with Crippen LogP contribution in [0, 0.1) is 0 Å². The number of carbonyl (C=O) groups excluding carboxylic acids is 2. The summed E-state index contributed by atoms with van der Waals surface area (Å²) in [5.74, 6) is -1.30. The molecule has 0 radical (unpaired) electrons. The van der Waals surface area contributed by atoms with Gasteiger partial charge in [0.15, 0.2) is 0 Å². The largest absolute Gasteiger partial charge is 0.396 e. The molecule has 0 saturated heterocycles. The van der Waals surface area contributed by atoms with Gasteiger partial charge in [-0.3, -0.25) is 9.59 Å². The van der Waals surface area contributed by atoms with Crippen molar-refractivity contribution in [2.75, 3.05) is 11.9 Å². The third kappa shape index (κ3) is 3.81. The monoisotopic (exact) mass is 384 g/mol. The molecule has 4 rings (SSSR count). The van der Waals surface area contributed by atoms with Crippen LogP contribution in [0.1, 0.15) is 16.1 Å². The third-order valence-electron chi connectivity index (χ3n) is 4.80. The van der Waals surface area contributed by atoms with Gasteiger partial charge in [0.2, 0.25) is 0 Å². The topological polar surface area (TPSA) is 70.8 Å². The first-order chi connectivity index (χ1) is 14.2. The minimum atomic E-state index is -0.694. The highest BCUT2D eigenvalue weighted by Crippen LogP contribution is 2.28. The van der Waals surface area contributed by atoms with Crippen LogP contribution >= 0.6 is 0 Å². The number of amides is 1. The van der Waals surface area contributed by atoms with Gasteiger partial charge in [0.1, 0.15) is 5.69 Å². The summed E-state index contributed by atoms with van der Waals surface area (Å²) >= 11 is 0. The van der Waals surface area contributed by atoms with Crippen molar-refractivity contribution in [1.29, 1.82) is 0 Å². The van der Waals surface area contributed by atoms with E-state index in [1.165, 1.54) is 0 Å². The number of aromatic nitrogens is 1. The highest BCUT2D eigenvalue weighted by Gasteiger charge is 2.24. The molecule has 0 fully saturated rings. The molecule has 0 spiro atoms. The van der Waals surface area contributed by atoms with Crippen LogP contribution in [0.5, 0.6) is 0 Å². The van der Waals surface area contributed by atoms with Crippen LogP contribution in [-0.4, -0.2) is 27.8 Å². The first kappa shape index (κ1) is 18.7. The number of anilines is 1. The predicted molar refractivity (Wildman–Crippen MR) is 113 cm³/mol. The fraction of sp³-hybridized carbons (Fsp3) is 0.0833. The van der Waals surface area contributed by atoms with Gasteiger partial charge in [-0.05, 0) is 47.9 Å². The molecule has 2 aromatic heterocycles. The zero-order valence-electron chi connectivity index (χ0n) is 15.7. The first-order valence-corrected chi connectivity index (χ1v) is 9.38. The lowest BCUT2D eigenvalue weighted by Gasteiger charge is -2.08. The second-order valence-electron chi connectivity index (χ2n) is 6.72. The normalized spacial score (nSPS) is 10.8. The molecule has 2 aromatic carbocycles. The molecule has 144 valence electrons. The van der Waals surface area contributed by atoms with Gasteiger partial charge in [-0.2, -0.15) is 0 Å². The standard InChI is InChI=1S/C24H20N2O3/c27-15-13-17-9-11-19(12-10-17)25-24(29)23(28)22-21(18-6-2-1-3-7-18)16-20-8-4-5-14-26(20)22/h1-12,14,16,27H,13,15H2,(H,25,29). The number of nitrogens with one attached hydrogen (secondary N) is 1. The van der Waals surface area contributed by atoms with E-state index in [1.807, 2.05) is 66.7 Å². The van der Waals surface area contributed by atoms with Crippen molar-refractivity contribution in [2.45, 2.75) is 6.42 Å². The Kier molecular flexibility index (Phi) is 5.22. The van der Waals surface area contributed by atoms with Crippen molar-refractivity contribution < 1.29 is 14.7 Å². The molecule has 0 aliphatic carbocycles. The number of aliphatic hydroxyl groups is 1. The average Bonchev–Trinajstić information content (AvgIpc) is 3.15. The van der Waals surface area contributed by atoms with Crippen molar-refractivity contribution in [3.8, 4) is 11.1 Å². The summed E-state index contributed by atoms with van der Waals surface area (Å²) in [7, 11) is 0. The summed E-state index contributed by atoms with van der Waals surface area (Å²) in [5.41, 5.74) is 4.26. The lowest BCUT2D eigenvalue weighted by molar-refractivity contribution is -0.112. The lowest BCUT2D eigenvalue weighted by atomic mass is 10.0. The molecular weight excluding hydrogens is 364 g/mol. The van der Waals surface area contributed by atoms with Gasteiger partial charge >= 0.3 is 0 Å². The van der Waals surface area contributed by atoms with Crippen molar-refractivity contribution in [3.63, 3.8) is 0 Å². The van der Waals surface area contributed by atoms with Crippen LogP contribution in [0.25, 0.3) is 16.6 Å². The highest BCUT2D eigenvalue weighted by molar-refractivity contribution is 6.47. The second kappa shape index (κ2) is 8.12. The van der Waals surface area contributed by atoms with Crippen LogP contribution in [0.4, 0.5) is 5.69 Å². The summed E-state index contributed by atoms with van der Waals surface area (Å²) in [6, 6.07) is 24.2. The predicted octanol–water partition coefficient (Wildman–Crippen LogP) is 3.96. The molecule has 2 heterocycles. The summed E-state index contributed by atoms with van der Waals surface area (Å²) in [4.78, 5) is 25.9. The number of hydrogen-bond donors (Lipinski definition) is 2. The van der Waals surface area contributed by atoms with E-state index in [2.05, 4.69) is 5.32 Å². The Hall–Kier alpha value is -3.70. The van der Waals surface area contributed by atoms with Crippen LogP contribution in [0.15, 0.2) is 85.1 Å². The smallest absolute Gasteiger partial charge is 0.298 e. The number of Topliss-reactive ketones (excluding diaryl/α,β-unsaturated/α-hetero) is 1. The molecule has 0 unspecified atom stereocenters. The Bertz CT molecular complexity index is 1160. The van der Waals surface area contributed by atoms with Crippen molar-refractivity contribution in [1.82, 2.24) is 4.40 Å². The number of fused-ring (bicyclic) bond motifs is 1. The van der Waals surface area contributed by atoms with E-state index >= 15 is 0 Å². The van der Waals surface area contributed by atoms with Crippen molar-refractivity contribution in [3.05, 3.63) is 96.3 Å². The van der Waals surface area contributed by atoms with Gasteiger partial charge in [0.05, 0.1) is 0 Å². The van der Waals surface area contributed by atoms with Gasteiger partial charge in [-0.1, -0.05) is 48.5 Å². The zero-order valence-corrected chi connectivity index (χ0v) is 15.7. The van der Waals surface area contributed by atoms with Gasteiger partial charge in [0, 0.05) is 29.6 Å². The molecule has 0 aliphatic rings. The SMILES string of the molecule is O=C(Nc1ccc(CCO)cc1)C(=O)c1c(-c2ccccc2)cc2ccccn12. The molecular formula is C24H20N2O3. The van der Waals surface area contributed by atoms with Crippen molar-refractivity contribution in [2.24, 2.45) is 0 Å². The number of carbonyl (C=O) groups is 2. The quantitative estimate of drug-likeness (QED) is 0.390. The Morgan fingerprint density at radius 2 is 1.62 bits per heavy atom. The Morgan fingerprint density at radius 1 is 0.897 bits per heavy atom. The number of benzene rings is 2. The summed E-state index contributed by atoms with van der Waals surface area (Å²) < 4.78 is 1.74. The maximum absolute atomic E-state index is 13.1. The number of pyridine rings is 1. The summed E-state index contributed by atoms with van der Waals surface area (Å²) in [6.07, 6.45) is 2.33. The number of ketones is 1. The molecule has 4 aromatic rings. The van der Waals surface area contributed by atoms with E-state index in [9.17, 15) is 9.59 Å². The highest BCUT2D eigenvalue weighted by atomic mass is 16.3. The van der Waals surface area contributed by atoms with E-state index in [0.29, 0.717) is 17.8 Å². The van der Waals surface area contributed by atoms with Gasteiger partial charge < -0.3 is 14.8 Å². The van der Waals surface area contributed by atoms with Crippen LogP contribution in [0.3, 0.4) is 0 Å². The third-order valence-corrected chi connectivity index (χ3v) is 4.80. The van der Waals surface area contributed by atoms with Crippen LogP contribution in [0.2, 0.25) is 0 Å². The number of rotatable bonds is 6. The van der Waals surface area contributed by atoms with E-state index in [-0.39, 0.29) is 6.61 Å². The Balaban J connectivity index is 1.68. The number of nitrogens with zero attached hydrogens (tertiary/aromatic N) is 1. The van der Waals surface area contributed by atoms with Gasteiger partial charge in [-0.25, -0.2) is 0 Å². The van der Waals surface area contributed by atoms with E-state index in [0.717, 1.165) is 22.2 Å². The summed E-state index contributed by atoms with van der Waals surface area (Å²) in [6.45, 7) is 0.0632. The van der Waals surface area contributed by atoms with Crippen molar-refractivity contribution >= 4 is 22.9 Å².